The van der Waals surface area contributed by atoms with Crippen LogP contribution in [0.4, 0.5) is 5.69 Å². The zero-order chi connectivity index (χ0) is 14.7. The fraction of sp³-hybridized carbons (Fsp3) is 0.143. The Balaban J connectivity index is 2.30. The summed E-state index contributed by atoms with van der Waals surface area (Å²) < 4.78 is 0. The van der Waals surface area contributed by atoms with Gasteiger partial charge in [0.05, 0.1) is 5.69 Å². The molecule has 0 radical (unpaired) electrons. The Labute approximate surface area is 120 Å². The lowest BCUT2D eigenvalue weighted by Crippen LogP contribution is -2.17. The summed E-state index contributed by atoms with van der Waals surface area (Å²) >= 11 is 5.80. The summed E-state index contributed by atoms with van der Waals surface area (Å²) in [4.78, 5) is 26.2. The Morgan fingerprint density at radius 3 is 2.80 bits per heavy atom. The van der Waals surface area contributed by atoms with Gasteiger partial charge in [0.2, 0.25) is 5.56 Å². The lowest BCUT2D eigenvalue weighted by Gasteiger charge is -2.08. The van der Waals surface area contributed by atoms with Gasteiger partial charge in [-0.1, -0.05) is 18.5 Å². The summed E-state index contributed by atoms with van der Waals surface area (Å²) in [6, 6.07) is 7.12. The normalized spacial score (nSPS) is 10.3. The molecule has 1 aromatic heterocycles. The van der Waals surface area contributed by atoms with Crippen LogP contribution in [0.25, 0.3) is 0 Å². The maximum atomic E-state index is 12.1. The minimum Gasteiger partial charge on any atom is -0.506 e. The van der Waals surface area contributed by atoms with Gasteiger partial charge < -0.3 is 15.4 Å². The van der Waals surface area contributed by atoms with E-state index < -0.39 is 5.91 Å². The highest BCUT2D eigenvalue weighted by atomic mass is 35.5. The van der Waals surface area contributed by atoms with Crippen LogP contribution in [0.1, 0.15) is 23.0 Å². The zero-order valence-corrected chi connectivity index (χ0v) is 11.5. The number of aryl methyl sites for hydroxylation is 1. The molecule has 0 aliphatic rings. The molecule has 20 heavy (non-hydrogen) atoms. The summed E-state index contributed by atoms with van der Waals surface area (Å²) in [6.45, 7) is 1.87. The topological polar surface area (TPSA) is 82.2 Å². The van der Waals surface area contributed by atoms with Crippen LogP contribution >= 0.6 is 11.6 Å². The lowest BCUT2D eigenvalue weighted by atomic mass is 10.2. The van der Waals surface area contributed by atoms with E-state index in [9.17, 15) is 14.7 Å². The van der Waals surface area contributed by atoms with Crippen molar-refractivity contribution in [2.45, 2.75) is 13.3 Å². The average Bonchev–Trinajstić information content (AvgIpc) is 2.42. The Kier molecular flexibility index (Phi) is 4.10. The van der Waals surface area contributed by atoms with Crippen LogP contribution in [0.5, 0.6) is 5.75 Å². The molecule has 6 heteroatoms. The molecule has 0 fully saturated rings. The number of amides is 1. The number of anilines is 1. The monoisotopic (exact) mass is 292 g/mol. The standard InChI is InChI=1S/C14H13ClN2O3/c1-2-10-5-8(6-13(19)16-10)14(20)17-11-7-9(15)3-4-12(11)18/h3-7,18H,2H2,1H3,(H,16,19)(H,17,20). The first-order chi connectivity index (χ1) is 9.49. The molecule has 0 spiro atoms. The Bertz CT molecular complexity index is 710. The number of carbonyl (C=O) groups is 1. The molecule has 0 aliphatic heterocycles. The van der Waals surface area contributed by atoms with Crippen molar-refractivity contribution >= 4 is 23.2 Å². The third kappa shape index (κ3) is 3.19. The van der Waals surface area contributed by atoms with Crippen LogP contribution in [0.2, 0.25) is 5.02 Å². The van der Waals surface area contributed by atoms with E-state index in [0.29, 0.717) is 17.1 Å². The molecule has 1 aromatic carbocycles. The van der Waals surface area contributed by atoms with Crippen LogP contribution in [0.3, 0.4) is 0 Å². The average molecular weight is 293 g/mol. The number of aromatic nitrogens is 1. The van der Waals surface area contributed by atoms with Crippen molar-refractivity contribution in [3.8, 4) is 5.75 Å². The van der Waals surface area contributed by atoms with E-state index in [1.165, 1.54) is 24.3 Å². The van der Waals surface area contributed by atoms with Crippen molar-refractivity contribution in [2.24, 2.45) is 0 Å². The molecule has 0 atom stereocenters. The quantitative estimate of drug-likeness (QED) is 0.760. The van der Waals surface area contributed by atoms with Gasteiger partial charge in [0, 0.05) is 22.3 Å². The third-order valence-electron chi connectivity index (χ3n) is 2.75. The molecule has 3 N–H and O–H groups in total. The molecule has 0 bridgehead atoms. The zero-order valence-electron chi connectivity index (χ0n) is 10.7. The molecule has 0 saturated heterocycles. The van der Waals surface area contributed by atoms with Crippen LogP contribution in [-0.4, -0.2) is 16.0 Å². The molecule has 2 rings (SSSR count). The number of rotatable bonds is 3. The highest BCUT2D eigenvalue weighted by Gasteiger charge is 2.11. The Morgan fingerprint density at radius 1 is 1.35 bits per heavy atom. The fourth-order valence-electron chi connectivity index (χ4n) is 1.73. The van der Waals surface area contributed by atoms with Gasteiger partial charge in [-0.15, -0.1) is 0 Å². The van der Waals surface area contributed by atoms with Gasteiger partial charge in [0.15, 0.2) is 0 Å². The van der Waals surface area contributed by atoms with Crippen LogP contribution in [0.15, 0.2) is 35.1 Å². The molecule has 2 aromatic rings. The van der Waals surface area contributed by atoms with Gasteiger partial charge >= 0.3 is 0 Å². The number of phenols is 1. The predicted molar refractivity (Wildman–Crippen MR) is 77.5 cm³/mol. The number of H-pyrrole nitrogens is 1. The van der Waals surface area contributed by atoms with Gasteiger partial charge in [-0.25, -0.2) is 0 Å². The van der Waals surface area contributed by atoms with Gasteiger partial charge in [-0.05, 0) is 30.7 Å². The number of carbonyl (C=O) groups excluding carboxylic acids is 1. The largest absolute Gasteiger partial charge is 0.506 e. The second-order valence-electron chi connectivity index (χ2n) is 4.23. The molecule has 104 valence electrons. The van der Waals surface area contributed by atoms with Gasteiger partial charge in [-0.3, -0.25) is 9.59 Å². The summed E-state index contributed by atoms with van der Waals surface area (Å²) in [5.74, 6) is -0.577. The molecule has 1 heterocycles. The van der Waals surface area contributed by atoms with Gasteiger partial charge in [0.1, 0.15) is 5.75 Å². The predicted octanol–water partition coefficient (Wildman–Crippen LogP) is 2.55. The van der Waals surface area contributed by atoms with E-state index >= 15 is 0 Å². The minimum atomic E-state index is -0.483. The van der Waals surface area contributed by atoms with E-state index in [-0.39, 0.29) is 22.6 Å². The smallest absolute Gasteiger partial charge is 0.256 e. The van der Waals surface area contributed by atoms with Crippen LogP contribution in [-0.2, 0) is 6.42 Å². The molecular formula is C14H13ClN2O3. The van der Waals surface area contributed by atoms with E-state index in [2.05, 4.69) is 10.3 Å². The number of benzene rings is 1. The molecule has 0 saturated carbocycles. The van der Waals surface area contributed by atoms with Crippen molar-refractivity contribution in [1.82, 2.24) is 4.98 Å². The van der Waals surface area contributed by atoms with E-state index in [0.717, 1.165) is 0 Å². The third-order valence-corrected chi connectivity index (χ3v) is 2.99. The Hall–Kier alpha value is -2.27. The number of hydrogen-bond acceptors (Lipinski definition) is 3. The summed E-state index contributed by atoms with van der Waals surface area (Å²) in [7, 11) is 0. The molecule has 0 unspecified atom stereocenters. The fourth-order valence-corrected chi connectivity index (χ4v) is 1.90. The van der Waals surface area contributed by atoms with Crippen molar-refractivity contribution in [2.75, 3.05) is 5.32 Å². The molecule has 5 nitrogen and oxygen atoms in total. The maximum absolute atomic E-state index is 12.1. The first-order valence-electron chi connectivity index (χ1n) is 6.02. The van der Waals surface area contributed by atoms with Crippen LogP contribution in [0, 0.1) is 0 Å². The van der Waals surface area contributed by atoms with E-state index in [1.54, 1.807) is 6.07 Å². The second-order valence-corrected chi connectivity index (χ2v) is 4.66. The van der Waals surface area contributed by atoms with Crippen molar-refractivity contribution in [3.63, 3.8) is 0 Å². The minimum absolute atomic E-state index is 0.0942. The van der Waals surface area contributed by atoms with Gasteiger partial charge in [0.25, 0.3) is 5.91 Å². The number of nitrogens with one attached hydrogen (secondary N) is 2. The number of aromatic hydroxyl groups is 1. The molecule has 1 amide bonds. The van der Waals surface area contributed by atoms with E-state index in [4.69, 9.17) is 11.6 Å². The second kappa shape index (κ2) is 5.79. The SMILES string of the molecule is CCc1cc(C(=O)Nc2cc(Cl)ccc2O)cc(=O)[nH]1. The number of halogens is 1. The highest BCUT2D eigenvalue weighted by molar-refractivity contribution is 6.31. The van der Waals surface area contributed by atoms with Crippen molar-refractivity contribution in [3.05, 3.63) is 57.0 Å². The number of hydrogen-bond donors (Lipinski definition) is 3. The first-order valence-corrected chi connectivity index (χ1v) is 6.40. The molecular weight excluding hydrogens is 280 g/mol. The highest BCUT2D eigenvalue weighted by Crippen LogP contribution is 2.26. The Morgan fingerprint density at radius 2 is 2.10 bits per heavy atom. The number of phenolic OH excluding ortho intramolecular Hbond substituents is 1. The number of pyridine rings is 1. The maximum Gasteiger partial charge on any atom is 0.256 e. The van der Waals surface area contributed by atoms with Crippen molar-refractivity contribution < 1.29 is 9.90 Å². The van der Waals surface area contributed by atoms with Gasteiger partial charge in [-0.2, -0.15) is 0 Å². The number of aromatic amines is 1. The summed E-state index contributed by atoms with van der Waals surface area (Å²) in [5, 5.41) is 12.6. The summed E-state index contributed by atoms with van der Waals surface area (Å²) in [6.07, 6.45) is 0.610. The molecule has 0 aliphatic carbocycles. The summed E-state index contributed by atoms with van der Waals surface area (Å²) in [5.41, 5.74) is 0.744. The first kappa shape index (κ1) is 14.1. The lowest BCUT2D eigenvalue weighted by molar-refractivity contribution is 0.102. The van der Waals surface area contributed by atoms with E-state index in [1.807, 2.05) is 6.92 Å². The van der Waals surface area contributed by atoms with Crippen LogP contribution < -0.4 is 10.9 Å². The van der Waals surface area contributed by atoms with Crippen molar-refractivity contribution in [1.29, 1.82) is 0 Å².